The van der Waals surface area contributed by atoms with Gasteiger partial charge in [-0.05, 0) is 25.0 Å². The lowest BCUT2D eigenvalue weighted by Gasteiger charge is -2.23. The van der Waals surface area contributed by atoms with Gasteiger partial charge in [0.2, 0.25) is 0 Å². The summed E-state index contributed by atoms with van der Waals surface area (Å²) in [7, 11) is 0. The molecule has 0 bridgehead atoms. The second-order valence-corrected chi connectivity index (χ2v) is 5.84. The summed E-state index contributed by atoms with van der Waals surface area (Å²) in [5, 5.41) is 6.97. The van der Waals surface area contributed by atoms with Crippen molar-refractivity contribution in [3.63, 3.8) is 0 Å². The zero-order valence-electron chi connectivity index (χ0n) is 12.9. The Morgan fingerprint density at radius 1 is 1.17 bits per heavy atom. The molecule has 1 amide bonds. The molecule has 24 heavy (non-hydrogen) atoms. The van der Waals surface area contributed by atoms with Crippen molar-refractivity contribution < 1.29 is 18.0 Å². The molecule has 1 aliphatic carbocycles. The Bertz CT molecular complexity index is 703. The Labute approximate surface area is 136 Å². The number of hydrogen-bond donors (Lipinski definition) is 1. The van der Waals surface area contributed by atoms with E-state index >= 15 is 0 Å². The van der Waals surface area contributed by atoms with E-state index in [-0.39, 0.29) is 11.6 Å². The topological polar surface area (TPSA) is 59.8 Å². The smallest absolute Gasteiger partial charge is 0.307 e. The van der Waals surface area contributed by atoms with Gasteiger partial charge in [0, 0.05) is 12.3 Å². The fourth-order valence-electron chi connectivity index (χ4n) is 2.91. The molecule has 0 spiro atoms. The molecule has 0 aliphatic heterocycles. The minimum absolute atomic E-state index is 0.0689. The number of anilines is 1. The van der Waals surface area contributed by atoms with Crippen molar-refractivity contribution in [1.29, 1.82) is 0 Å². The number of amides is 1. The number of alkyl halides is 3. The van der Waals surface area contributed by atoms with Gasteiger partial charge in [-0.3, -0.25) is 9.78 Å². The quantitative estimate of drug-likeness (QED) is 0.918. The summed E-state index contributed by atoms with van der Waals surface area (Å²) in [5.74, 6) is 0.0422. The Morgan fingerprint density at radius 3 is 2.54 bits per heavy atom. The molecule has 128 valence electrons. The van der Waals surface area contributed by atoms with Crippen LogP contribution in [0, 0.1) is 0 Å². The summed E-state index contributed by atoms with van der Waals surface area (Å²) in [6, 6.07) is 3.85. The summed E-state index contributed by atoms with van der Waals surface area (Å²) < 4.78 is 39.3. The number of pyridine rings is 1. The van der Waals surface area contributed by atoms with Crippen LogP contribution in [-0.2, 0) is 6.18 Å². The fourth-order valence-corrected chi connectivity index (χ4v) is 2.91. The van der Waals surface area contributed by atoms with Crippen LogP contribution in [0.5, 0.6) is 0 Å². The minimum atomic E-state index is -4.52. The Balaban J connectivity index is 1.72. The highest BCUT2D eigenvalue weighted by atomic mass is 19.4. The number of nitrogens with zero attached hydrogens (tertiary/aromatic N) is 3. The number of hydrogen-bond acceptors (Lipinski definition) is 3. The molecule has 5 nitrogen and oxygen atoms in total. The van der Waals surface area contributed by atoms with Crippen LogP contribution in [0.1, 0.15) is 54.2 Å². The molecule has 2 aromatic heterocycles. The van der Waals surface area contributed by atoms with E-state index in [0.717, 1.165) is 44.0 Å². The number of rotatable bonds is 3. The molecule has 2 aromatic rings. The van der Waals surface area contributed by atoms with E-state index in [1.165, 1.54) is 6.42 Å². The van der Waals surface area contributed by atoms with E-state index in [1.807, 2.05) is 0 Å². The van der Waals surface area contributed by atoms with Crippen molar-refractivity contribution in [3.05, 3.63) is 41.9 Å². The average Bonchev–Trinajstić information content (AvgIpc) is 3.03. The second kappa shape index (κ2) is 6.62. The summed E-state index contributed by atoms with van der Waals surface area (Å²) in [5.41, 5.74) is -0.953. The van der Waals surface area contributed by atoms with Gasteiger partial charge in [0.05, 0.1) is 17.8 Å². The zero-order valence-corrected chi connectivity index (χ0v) is 12.9. The lowest BCUT2D eigenvalue weighted by molar-refractivity contribution is -0.141. The minimum Gasteiger partial charge on any atom is -0.307 e. The second-order valence-electron chi connectivity index (χ2n) is 5.84. The molecule has 1 N–H and O–H groups in total. The van der Waals surface area contributed by atoms with Crippen LogP contribution >= 0.6 is 0 Å². The summed E-state index contributed by atoms with van der Waals surface area (Å²) >= 11 is 0. The van der Waals surface area contributed by atoms with Crippen LogP contribution in [0.3, 0.4) is 0 Å². The molecule has 0 unspecified atom stereocenters. The molecule has 0 radical (unpaired) electrons. The first kappa shape index (κ1) is 16.5. The van der Waals surface area contributed by atoms with Gasteiger partial charge in [-0.25, -0.2) is 4.68 Å². The normalized spacial score (nSPS) is 16.1. The van der Waals surface area contributed by atoms with Gasteiger partial charge < -0.3 is 5.32 Å². The molecule has 3 rings (SSSR count). The van der Waals surface area contributed by atoms with Gasteiger partial charge >= 0.3 is 6.18 Å². The van der Waals surface area contributed by atoms with Crippen LogP contribution in [0.2, 0.25) is 0 Å². The van der Waals surface area contributed by atoms with Gasteiger partial charge in [0.25, 0.3) is 5.91 Å². The number of halogens is 3. The molecule has 8 heteroatoms. The number of nitrogens with one attached hydrogen (secondary N) is 1. The Kier molecular flexibility index (Phi) is 4.55. The first-order valence-electron chi connectivity index (χ1n) is 7.83. The van der Waals surface area contributed by atoms with Crippen molar-refractivity contribution in [3.8, 4) is 0 Å². The van der Waals surface area contributed by atoms with Gasteiger partial charge in [0.1, 0.15) is 11.5 Å². The third kappa shape index (κ3) is 3.58. The lowest BCUT2D eigenvalue weighted by Crippen LogP contribution is -2.20. The predicted octanol–water partition coefficient (Wildman–Crippen LogP) is 4.05. The van der Waals surface area contributed by atoms with E-state index < -0.39 is 17.8 Å². The third-order valence-electron chi connectivity index (χ3n) is 4.15. The number of carbonyl (C=O) groups excluding carboxylic acids is 1. The molecule has 0 aromatic carbocycles. The molecule has 1 aliphatic rings. The van der Waals surface area contributed by atoms with Crippen LogP contribution < -0.4 is 5.32 Å². The predicted molar refractivity (Wildman–Crippen MR) is 81.5 cm³/mol. The average molecular weight is 338 g/mol. The maximum atomic E-state index is 12.5. The monoisotopic (exact) mass is 338 g/mol. The first-order valence-corrected chi connectivity index (χ1v) is 7.83. The Hall–Kier alpha value is -2.38. The molecular formula is C16H17F3N4O. The molecular weight excluding hydrogens is 321 g/mol. The largest absolute Gasteiger partial charge is 0.433 e. The maximum absolute atomic E-state index is 12.5. The van der Waals surface area contributed by atoms with E-state index in [0.29, 0.717) is 5.82 Å². The molecule has 0 atom stereocenters. The number of carbonyl (C=O) groups is 1. The van der Waals surface area contributed by atoms with Crippen molar-refractivity contribution >= 4 is 11.7 Å². The highest BCUT2D eigenvalue weighted by Crippen LogP contribution is 2.30. The van der Waals surface area contributed by atoms with Crippen LogP contribution in [0.25, 0.3) is 0 Å². The van der Waals surface area contributed by atoms with E-state index in [2.05, 4.69) is 15.4 Å². The highest BCUT2D eigenvalue weighted by molar-refractivity contribution is 6.03. The van der Waals surface area contributed by atoms with Crippen molar-refractivity contribution in [2.75, 3.05) is 5.32 Å². The van der Waals surface area contributed by atoms with Gasteiger partial charge in [-0.1, -0.05) is 19.3 Å². The van der Waals surface area contributed by atoms with Gasteiger partial charge in [0.15, 0.2) is 0 Å². The fraction of sp³-hybridized carbons (Fsp3) is 0.438. The third-order valence-corrected chi connectivity index (χ3v) is 4.15. The highest BCUT2D eigenvalue weighted by Gasteiger charge is 2.32. The molecule has 1 fully saturated rings. The summed E-state index contributed by atoms with van der Waals surface area (Å²) in [6.45, 7) is 0. The van der Waals surface area contributed by atoms with Crippen LogP contribution in [-0.4, -0.2) is 20.7 Å². The molecule has 2 heterocycles. The van der Waals surface area contributed by atoms with E-state index in [1.54, 1.807) is 16.9 Å². The van der Waals surface area contributed by atoms with Crippen molar-refractivity contribution in [2.45, 2.75) is 44.3 Å². The number of aromatic nitrogens is 3. The lowest BCUT2D eigenvalue weighted by atomic mass is 9.96. The van der Waals surface area contributed by atoms with Crippen LogP contribution in [0.15, 0.2) is 30.6 Å². The van der Waals surface area contributed by atoms with Gasteiger partial charge in [-0.15, -0.1) is 0 Å². The van der Waals surface area contributed by atoms with E-state index in [4.69, 9.17) is 0 Å². The Morgan fingerprint density at radius 2 is 1.92 bits per heavy atom. The SMILES string of the molecule is O=C(Nc1ccnn1C1CCCCC1)c1ccc(C(F)(F)F)nc1. The molecule has 1 saturated carbocycles. The summed E-state index contributed by atoms with van der Waals surface area (Å²) in [4.78, 5) is 15.5. The van der Waals surface area contributed by atoms with Gasteiger partial charge in [-0.2, -0.15) is 18.3 Å². The van der Waals surface area contributed by atoms with E-state index in [9.17, 15) is 18.0 Å². The maximum Gasteiger partial charge on any atom is 0.433 e. The first-order chi connectivity index (χ1) is 11.4. The molecule has 0 saturated heterocycles. The van der Waals surface area contributed by atoms with Crippen molar-refractivity contribution in [2.24, 2.45) is 0 Å². The zero-order chi connectivity index (χ0) is 17.2. The van der Waals surface area contributed by atoms with Crippen molar-refractivity contribution in [1.82, 2.24) is 14.8 Å². The van der Waals surface area contributed by atoms with Crippen LogP contribution in [0.4, 0.5) is 19.0 Å². The standard InChI is InChI=1S/C16H17F3N4O/c17-16(18,19)13-7-6-11(10-20-13)15(24)22-14-8-9-21-23(14)12-4-2-1-3-5-12/h6-10,12H,1-5H2,(H,22,24). The summed E-state index contributed by atoms with van der Waals surface area (Å²) in [6.07, 6.45) is 3.49.